The van der Waals surface area contributed by atoms with Crippen molar-refractivity contribution in [1.29, 1.82) is 0 Å². The first-order valence-corrected chi connectivity index (χ1v) is 9.23. The summed E-state index contributed by atoms with van der Waals surface area (Å²) in [4.78, 5) is 12.1. The lowest BCUT2D eigenvalue weighted by atomic mass is 9.87. The van der Waals surface area contributed by atoms with Gasteiger partial charge in [0.15, 0.2) is 0 Å². The SMILES string of the molecule is CC(C)(C)c1ccc(C(=O)NCCSCc2ccccc2F)cc1. The highest BCUT2D eigenvalue weighted by Crippen LogP contribution is 2.22. The van der Waals surface area contributed by atoms with Crippen molar-refractivity contribution in [3.8, 4) is 0 Å². The monoisotopic (exact) mass is 345 g/mol. The highest BCUT2D eigenvalue weighted by atomic mass is 32.2. The van der Waals surface area contributed by atoms with Crippen LogP contribution in [0.1, 0.15) is 42.3 Å². The van der Waals surface area contributed by atoms with Crippen molar-refractivity contribution in [1.82, 2.24) is 5.32 Å². The molecule has 2 rings (SSSR count). The van der Waals surface area contributed by atoms with Gasteiger partial charge in [0.1, 0.15) is 5.82 Å². The molecule has 2 aromatic carbocycles. The van der Waals surface area contributed by atoms with E-state index in [0.717, 1.165) is 5.75 Å². The molecule has 0 saturated heterocycles. The van der Waals surface area contributed by atoms with Crippen LogP contribution in [-0.2, 0) is 11.2 Å². The van der Waals surface area contributed by atoms with Gasteiger partial charge in [-0.2, -0.15) is 11.8 Å². The lowest BCUT2D eigenvalue weighted by Gasteiger charge is -2.19. The standard InChI is InChI=1S/C20H24FNOS/c1-20(2,3)17-10-8-15(9-11-17)19(23)22-12-13-24-14-16-6-4-5-7-18(16)21/h4-11H,12-14H2,1-3H3,(H,22,23). The Hall–Kier alpha value is -1.81. The van der Waals surface area contributed by atoms with Gasteiger partial charge in [-0.1, -0.05) is 51.1 Å². The summed E-state index contributed by atoms with van der Waals surface area (Å²) in [6.07, 6.45) is 0. The Labute approximate surface area is 147 Å². The third-order valence-corrected chi connectivity index (χ3v) is 4.77. The van der Waals surface area contributed by atoms with Crippen molar-refractivity contribution in [3.63, 3.8) is 0 Å². The molecule has 1 N–H and O–H groups in total. The van der Waals surface area contributed by atoms with Crippen molar-refractivity contribution >= 4 is 17.7 Å². The van der Waals surface area contributed by atoms with E-state index in [4.69, 9.17) is 0 Å². The molecule has 2 aromatic rings. The first kappa shape index (κ1) is 18.5. The van der Waals surface area contributed by atoms with Crippen LogP contribution in [0.2, 0.25) is 0 Å². The average Bonchev–Trinajstić information content (AvgIpc) is 2.55. The molecule has 0 saturated carbocycles. The van der Waals surface area contributed by atoms with E-state index in [1.54, 1.807) is 23.9 Å². The number of thioether (sulfide) groups is 1. The molecular formula is C20H24FNOS. The van der Waals surface area contributed by atoms with Crippen molar-refractivity contribution in [2.45, 2.75) is 31.9 Å². The minimum absolute atomic E-state index is 0.0676. The zero-order valence-corrected chi connectivity index (χ0v) is 15.3. The first-order chi connectivity index (χ1) is 11.4. The van der Waals surface area contributed by atoms with Crippen LogP contribution >= 0.6 is 11.8 Å². The summed E-state index contributed by atoms with van der Waals surface area (Å²) in [6.45, 7) is 7.01. The fourth-order valence-corrected chi connectivity index (χ4v) is 3.10. The minimum atomic E-state index is -0.173. The van der Waals surface area contributed by atoms with E-state index in [0.29, 0.717) is 23.4 Å². The molecule has 0 aliphatic rings. The van der Waals surface area contributed by atoms with Gasteiger partial charge < -0.3 is 5.32 Å². The summed E-state index contributed by atoms with van der Waals surface area (Å²) in [5, 5.41) is 2.90. The molecule has 0 bridgehead atoms. The zero-order chi connectivity index (χ0) is 17.6. The van der Waals surface area contributed by atoms with E-state index >= 15 is 0 Å². The van der Waals surface area contributed by atoms with Gasteiger partial charge in [0.25, 0.3) is 5.91 Å². The van der Waals surface area contributed by atoms with Crippen molar-refractivity contribution in [2.24, 2.45) is 0 Å². The quantitative estimate of drug-likeness (QED) is 0.763. The predicted octanol–water partition coefficient (Wildman–Crippen LogP) is 4.79. The number of nitrogens with one attached hydrogen (secondary N) is 1. The zero-order valence-electron chi connectivity index (χ0n) is 14.4. The molecule has 0 heterocycles. The predicted molar refractivity (Wildman–Crippen MR) is 100 cm³/mol. The molecule has 0 aromatic heterocycles. The van der Waals surface area contributed by atoms with Crippen molar-refractivity contribution in [2.75, 3.05) is 12.3 Å². The Bertz CT molecular complexity index is 677. The Morgan fingerprint density at radius 1 is 1.08 bits per heavy atom. The number of hydrogen-bond donors (Lipinski definition) is 1. The maximum absolute atomic E-state index is 13.5. The maximum Gasteiger partial charge on any atom is 0.251 e. The largest absolute Gasteiger partial charge is 0.351 e. The summed E-state index contributed by atoms with van der Waals surface area (Å²) in [7, 11) is 0. The van der Waals surface area contributed by atoms with Gasteiger partial charge in [0, 0.05) is 23.6 Å². The fraction of sp³-hybridized carbons (Fsp3) is 0.350. The van der Waals surface area contributed by atoms with Crippen LogP contribution in [-0.4, -0.2) is 18.2 Å². The first-order valence-electron chi connectivity index (χ1n) is 8.08. The number of carbonyl (C=O) groups excluding carboxylic acids is 1. The summed E-state index contributed by atoms with van der Waals surface area (Å²) >= 11 is 1.61. The van der Waals surface area contributed by atoms with Crippen LogP contribution in [0.15, 0.2) is 48.5 Å². The van der Waals surface area contributed by atoms with Gasteiger partial charge in [-0.15, -0.1) is 0 Å². The third-order valence-electron chi connectivity index (χ3n) is 3.76. The highest BCUT2D eigenvalue weighted by molar-refractivity contribution is 7.98. The smallest absolute Gasteiger partial charge is 0.251 e. The molecule has 24 heavy (non-hydrogen) atoms. The van der Waals surface area contributed by atoms with Gasteiger partial charge in [0.2, 0.25) is 0 Å². The topological polar surface area (TPSA) is 29.1 Å². The van der Waals surface area contributed by atoms with Crippen LogP contribution in [0.4, 0.5) is 4.39 Å². The van der Waals surface area contributed by atoms with E-state index in [2.05, 4.69) is 26.1 Å². The van der Waals surface area contributed by atoms with Crippen LogP contribution in [0.3, 0.4) is 0 Å². The molecular weight excluding hydrogens is 321 g/mol. The number of carbonyl (C=O) groups is 1. The van der Waals surface area contributed by atoms with E-state index in [1.165, 1.54) is 11.6 Å². The van der Waals surface area contributed by atoms with Crippen molar-refractivity contribution < 1.29 is 9.18 Å². The molecule has 0 unspecified atom stereocenters. The lowest BCUT2D eigenvalue weighted by Crippen LogP contribution is -2.25. The fourth-order valence-electron chi connectivity index (χ4n) is 2.26. The van der Waals surface area contributed by atoms with E-state index < -0.39 is 0 Å². The summed E-state index contributed by atoms with van der Waals surface area (Å²) in [5.41, 5.74) is 2.66. The molecule has 0 fully saturated rings. The second-order valence-corrected chi connectivity index (χ2v) is 7.83. The lowest BCUT2D eigenvalue weighted by molar-refractivity contribution is 0.0956. The molecule has 128 valence electrons. The number of rotatable bonds is 6. The summed E-state index contributed by atoms with van der Waals surface area (Å²) < 4.78 is 13.5. The van der Waals surface area contributed by atoms with Crippen LogP contribution in [0.25, 0.3) is 0 Å². The maximum atomic E-state index is 13.5. The van der Waals surface area contributed by atoms with Crippen molar-refractivity contribution in [3.05, 3.63) is 71.0 Å². The van der Waals surface area contributed by atoms with Crippen LogP contribution in [0, 0.1) is 5.82 Å². The second kappa shape index (κ2) is 8.34. The highest BCUT2D eigenvalue weighted by Gasteiger charge is 2.14. The Morgan fingerprint density at radius 2 is 1.75 bits per heavy atom. The second-order valence-electron chi connectivity index (χ2n) is 6.73. The summed E-state index contributed by atoms with van der Waals surface area (Å²) in [5.74, 6) is 1.12. The Kier molecular flexibility index (Phi) is 6.44. The molecule has 0 aliphatic heterocycles. The van der Waals surface area contributed by atoms with Gasteiger partial charge in [0.05, 0.1) is 0 Å². The average molecular weight is 345 g/mol. The molecule has 0 radical (unpaired) electrons. The number of benzene rings is 2. The Balaban J connectivity index is 1.74. The number of hydrogen-bond acceptors (Lipinski definition) is 2. The molecule has 4 heteroatoms. The summed E-state index contributed by atoms with van der Waals surface area (Å²) in [6, 6.07) is 14.5. The third kappa shape index (κ3) is 5.38. The Morgan fingerprint density at radius 3 is 2.38 bits per heavy atom. The molecule has 0 atom stereocenters. The molecule has 1 amide bonds. The van der Waals surface area contributed by atoms with Crippen LogP contribution in [0.5, 0.6) is 0 Å². The molecule has 2 nitrogen and oxygen atoms in total. The minimum Gasteiger partial charge on any atom is -0.351 e. The molecule has 0 spiro atoms. The van der Waals surface area contributed by atoms with Gasteiger partial charge >= 0.3 is 0 Å². The normalized spacial score (nSPS) is 11.3. The van der Waals surface area contributed by atoms with Gasteiger partial charge in [-0.05, 0) is 34.7 Å². The van der Waals surface area contributed by atoms with Gasteiger partial charge in [-0.25, -0.2) is 4.39 Å². The number of halogens is 1. The number of amides is 1. The van der Waals surface area contributed by atoms with E-state index in [1.807, 2.05) is 30.3 Å². The van der Waals surface area contributed by atoms with Crippen LogP contribution < -0.4 is 5.32 Å². The van der Waals surface area contributed by atoms with E-state index in [-0.39, 0.29) is 17.1 Å². The van der Waals surface area contributed by atoms with E-state index in [9.17, 15) is 9.18 Å². The van der Waals surface area contributed by atoms with Gasteiger partial charge in [-0.3, -0.25) is 4.79 Å². The molecule has 0 aliphatic carbocycles.